The Labute approximate surface area is 150 Å². The molecule has 0 bridgehead atoms. The molecule has 2 aromatic rings. The highest BCUT2D eigenvalue weighted by Gasteiger charge is 2.25. The SMILES string of the molecule is CCc1nn(C)c(CC(NC(=O)OCc2ccccc2)C(=O)O)c1Cl. The maximum atomic E-state index is 11.9. The Balaban J connectivity index is 2.00. The van der Waals surface area contributed by atoms with Crippen molar-refractivity contribution in [3.05, 3.63) is 52.3 Å². The van der Waals surface area contributed by atoms with Gasteiger partial charge >= 0.3 is 12.1 Å². The van der Waals surface area contributed by atoms with E-state index in [-0.39, 0.29) is 13.0 Å². The molecule has 2 rings (SSSR count). The van der Waals surface area contributed by atoms with Crippen molar-refractivity contribution in [2.45, 2.75) is 32.4 Å². The minimum atomic E-state index is -1.17. The number of aryl methyl sites for hydroxylation is 2. The number of carboxylic acid groups (broad SMARTS) is 1. The summed E-state index contributed by atoms with van der Waals surface area (Å²) in [5.41, 5.74) is 2.05. The zero-order chi connectivity index (χ0) is 18.4. The van der Waals surface area contributed by atoms with Crippen LogP contribution in [0, 0.1) is 0 Å². The Morgan fingerprint density at radius 2 is 2.04 bits per heavy atom. The Kier molecular flexibility index (Phi) is 6.41. The third-order valence-electron chi connectivity index (χ3n) is 3.70. The van der Waals surface area contributed by atoms with Gasteiger partial charge in [0.2, 0.25) is 0 Å². The number of carbonyl (C=O) groups excluding carboxylic acids is 1. The number of rotatable bonds is 7. The maximum absolute atomic E-state index is 11.9. The van der Waals surface area contributed by atoms with E-state index in [0.717, 1.165) is 5.56 Å². The zero-order valence-electron chi connectivity index (χ0n) is 14.0. The van der Waals surface area contributed by atoms with Crippen molar-refractivity contribution in [3.63, 3.8) is 0 Å². The molecule has 0 radical (unpaired) electrons. The second kappa shape index (κ2) is 8.53. The number of benzene rings is 1. The Morgan fingerprint density at radius 1 is 1.36 bits per heavy atom. The van der Waals surface area contributed by atoms with Crippen LogP contribution in [0.2, 0.25) is 5.02 Å². The van der Waals surface area contributed by atoms with Crippen LogP contribution in [-0.2, 0) is 36.0 Å². The van der Waals surface area contributed by atoms with Gasteiger partial charge in [-0.2, -0.15) is 5.10 Å². The van der Waals surface area contributed by atoms with E-state index in [9.17, 15) is 14.7 Å². The molecule has 8 heteroatoms. The van der Waals surface area contributed by atoms with Gasteiger partial charge in [-0.1, -0.05) is 48.9 Å². The molecule has 0 aliphatic rings. The predicted octanol–water partition coefficient (Wildman–Crippen LogP) is 2.56. The highest BCUT2D eigenvalue weighted by Crippen LogP contribution is 2.22. The van der Waals surface area contributed by atoms with Crippen LogP contribution in [-0.4, -0.2) is 33.0 Å². The van der Waals surface area contributed by atoms with Gasteiger partial charge in [-0.15, -0.1) is 0 Å². The van der Waals surface area contributed by atoms with Gasteiger partial charge < -0.3 is 15.2 Å². The molecule has 7 nitrogen and oxygen atoms in total. The summed E-state index contributed by atoms with van der Waals surface area (Å²) >= 11 is 6.24. The molecule has 1 unspecified atom stereocenters. The first-order valence-corrected chi connectivity index (χ1v) is 8.20. The van der Waals surface area contributed by atoms with Gasteiger partial charge in [0.05, 0.1) is 16.4 Å². The zero-order valence-corrected chi connectivity index (χ0v) is 14.8. The predicted molar refractivity (Wildman–Crippen MR) is 92.5 cm³/mol. The van der Waals surface area contributed by atoms with Crippen molar-refractivity contribution in [3.8, 4) is 0 Å². The van der Waals surface area contributed by atoms with Crippen molar-refractivity contribution in [1.82, 2.24) is 15.1 Å². The number of nitrogens with one attached hydrogen (secondary N) is 1. The number of aliphatic carboxylic acids is 1. The maximum Gasteiger partial charge on any atom is 0.408 e. The van der Waals surface area contributed by atoms with Crippen LogP contribution in [0.5, 0.6) is 0 Å². The van der Waals surface area contributed by atoms with Crippen LogP contribution in [0.3, 0.4) is 0 Å². The second-order valence-electron chi connectivity index (χ2n) is 5.49. The lowest BCUT2D eigenvalue weighted by atomic mass is 10.1. The van der Waals surface area contributed by atoms with Crippen molar-refractivity contribution in [1.29, 1.82) is 0 Å². The molecule has 1 heterocycles. The molecule has 0 spiro atoms. The minimum Gasteiger partial charge on any atom is -0.480 e. The van der Waals surface area contributed by atoms with Crippen LogP contribution in [0.25, 0.3) is 0 Å². The summed E-state index contributed by atoms with van der Waals surface area (Å²) in [7, 11) is 1.69. The molecule has 2 N–H and O–H groups in total. The number of ether oxygens (including phenoxy) is 1. The first-order valence-electron chi connectivity index (χ1n) is 7.82. The van der Waals surface area contributed by atoms with Gasteiger partial charge in [-0.3, -0.25) is 4.68 Å². The number of amides is 1. The molecule has 134 valence electrons. The molecule has 1 aromatic heterocycles. The van der Waals surface area contributed by atoms with Crippen LogP contribution >= 0.6 is 11.6 Å². The molecule has 0 saturated heterocycles. The summed E-state index contributed by atoms with van der Waals surface area (Å²) < 4.78 is 6.60. The topological polar surface area (TPSA) is 93.5 Å². The first-order chi connectivity index (χ1) is 11.9. The lowest BCUT2D eigenvalue weighted by Crippen LogP contribution is -2.43. The fourth-order valence-electron chi connectivity index (χ4n) is 2.34. The summed E-state index contributed by atoms with van der Waals surface area (Å²) in [5.74, 6) is -1.17. The van der Waals surface area contributed by atoms with E-state index < -0.39 is 18.1 Å². The standard InChI is InChI=1S/C17H20ClN3O4/c1-3-12-15(18)14(21(2)20-12)9-13(16(22)23)19-17(24)25-10-11-7-5-4-6-8-11/h4-8,13H,3,9-10H2,1-2H3,(H,19,24)(H,22,23). The third-order valence-corrected chi connectivity index (χ3v) is 4.14. The van der Waals surface area contributed by atoms with Crippen molar-refractivity contribution in [2.24, 2.45) is 7.05 Å². The number of carbonyl (C=O) groups is 2. The Morgan fingerprint density at radius 3 is 2.60 bits per heavy atom. The average molecular weight is 366 g/mol. The summed E-state index contributed by atoms with van der Waals surface area (Å²) in [6.45, 7) is 1.97. The van der Waals surface area contributed by atoms with Gasteiger partial charge in [0.15, 0.2) is 0 Å². The van der Waals surface area contributed by atoms with E-state index >= 15 is 0 Å². The second-order valence-corrected chi connectivity index (χ2v) is 5.86. The largest absolute Gasteiger partial charge is 0.480 e. The van der Waals surface area contributed by atoms with Crippen LogP contribution < -0.4 is 5.32 Å². The number of nitrogens with zero attached hydrogens (tertiary/aromatic N) is 2. The summed E-state index contributed by atoms with van der Waals surface area (Å²) in [6.07, 6.45) is -0.153. The Bertz CT molecular complexity index is 746. The van der Waals surface area contributed by atoms with Gasteiger partial charge in [-0.05, 0) is 12.0 Å². The smallest absolute Gasteiger partial charge is 0.408 e. The molecule has 1 atom stereocenters. The van der Waals surface area contributed by atoms with Crippen LogP contribution in [0.4, 0.5) is 4.79 Å². The molecule has 0 saturated carbocycles. The van der Waals surface area contributed by atoms with Crippen molar-refractivity contribution < 1.29 is 19.4 Å². The van der Waals surface area contributed by atoms with E-state index in [4.69, 9.17) is 16.3 Å². The molecule has 0 fully saturated rings. The number of carboxylic acids is 1. The quantitative estimate of drug-likeness (QED) is 0.786. The van der Waals surface area contributed by atoms with Crippen LogP contribution in [0.1, 0.15) is 23.9 Å². The normalized spacial score (nSPS) is 11.8. The van der Waals surface area contributed by atoms with Crippen molar-refractivity contribution in [2.75, 3.05) is 0 Å². The molecule has 1 amide bonds. The molecular formula is C17H20ClN3O4. The molecule has 25 heavy (non-hydrogen) atoms. The monoisotopic (exact) mass is 365 g/mol. The average Bonchev–Trinajstić information content (AvgIpc) is 2.87. The van der Waals surface area contributed by atoms with Crippen molar-refractivity contribution >= 4 is 23.7 Å². The third kappa shape index (κ3) is 4.96. The van der Waals surface area contributed by atoms with E-state index in [1.165, 1.54) is 4.68 Å². The fraction of sp³-hybridized carbons (Fsp3) is 0.353. The molecule has 0 aliphatic carbocycles. The summed E-state index contributed by atoms with van der Waals surface area (Å²) in [6, 6.07) is 7.96. The van der Waals surface area contributed by atoms with Gasteiger partial charge in [-0.25, -0.2) is 9.59 Å². The lowest BCUT2D eigenvalue weighted by molar-refractivity contribution is -0.139. The summed E-state index contributed by atoms with van der Waals surface area (Å²) in [4.78, 5) is 23.4. The Hall–Kier alpha value is -2.54. The van der Waals surface area contributed by atoms with E-state index in [2.05, 4.69) is 10.4 Å². The number of hydrogen-bond acceptors (Lipinski definition) is 4. The number of alkyl carbamates (subject to hydrolysis) is 1. The molecule has 1 aromatic carbocycles. The van der Waals surface area contributed by atoms with Gasteiger partial charge in [0, 0.05) is 13.5 Å². The number of aromatic nitrogens is 2. The van der Waals surface area contributed by atoms with Crippen LogP contribution in [0.15, 0.2) is 30.3 Å². The van der Waals surface area contributed by atoms with E-state index in [1.54, 1.807) is 7.05 Å². The summed E-state index contributed by atoms with van der Waals surface area (Å²) in [5, 5.41) is 16.4. The van der Waals surface area contributed by atoms with Gasteiger partial charge in [0.1, 0.15) is 12.6 Å². The van der Waals surface area contributed by atoms with Gasteiger partial charge in [0.25, 0.3) is 0 Å². The molecular weight excluding hydrogens is 346 g/mol. The lowest BCUT2D eigenvalue weighted by Gasteiger charge is -2.15. The van der Waals surface area contributed by atoms with E-state index in [0.29, 0.717) is 22.8 Å². The highest BCUT2D eigenvalue weighted by atomic mass is 35.5. The fourth-order valence-corrected chi connectivity index (χ4v) is 2.71. The molecule has 0 aliphatic heterocycles. The number of hydrogen-bond donors (Lipinski definition) is 2. The van der Waals surface area contributed by atoms with E-state index in [1.807, 2.05) is 37.3 Å². The number of halogens is 1. The highest BCUT2D eigenvalue weighted by molar-refractivity contribution is 6.31. The first kappa shape index (κ1) is 18.8. The minimum absolute atomic E-state index is 0.0120.